The van der Waals surface area contributed by atoms with Crippen molar-refractivity contribution < 1.29 is 0 Å². The van der Waals surface area contributed by atoms with Crippen LogP contribution in [0.1, 0.15) is 46.1 Å². The highest BCUT2D eigenvalue weighted by atomic mass is 15.3. The van der Waals surface area contributed by atoms with Crippen molar-refractivity contribution in [2.45, 2.75) is 51.5 Å². The van der Waals surface area contributed by atoms with Gasteiger partial charge < -0.3 is 9.80 Å². The Balaban J connectivity index is 1.45. The Kier molecular flexibility index (Phi) is 4.97. The van der Waals surface area contributed by atoms with Crippen molar-refractivity contribution in [3.63, 3.8) is 0 Å². The molecular weight excluding hydrogens is 519 g/mol. The van der Waals surface area contributed by atoms with Crippen molar-refractivity contribution in [3.05, 3.63) is 121 Å². The van der Waals surface area contributed by atoms with E-state index in [1.165, 1.54) is 71.9 Å². The number of anilines is 5. The molecule has 0 N–H and O–H groups in total. The fraction of sp³-hybridized carbons (Fsp3) is 0.200. The highest BCUT2D eigenvalue weighted by Gasteiger charge is 2.59. The Hall–Kier alpha value is -4.50. The number of rotatable bonds is 3. The minimum atomic E-state index is -0.0335. The molecule has 0 fully saturated rings. The van der Waals surface area contributed by atoms with Crippen LogP contribution in [0.25, 0.3) is 21.5 Å². The molecule has 3 aliphatic rings. The molecule has 3 aliphatic heterocycles. The molecule has 0 aromatic heterocycles. The first kappa shape index (κ1) is 25.0. The number of nitrogens with zero attached hydrogens (tertiary/aromatic N) is 2. The Morgan fingerprint density at radius 1 is 0.558 bits per heavy atom. The van der Waals surface area contributed by atoms with Gasteiger partial charge in [0.25, 0.3) is 6.71 Å². The van der Waals surface area contributed by atoms with Gasteiger partial charge in [-0.2, -0.15) is 0 Å². The molecule has 6 aromatic carbocycles. The fourth-order valence-corrected chi connectivity index (χ4v) is 9.01. The molecule has 3 heterocycles. The molecule has 0 spiro atoms. The topological polar surface area (TPSA) is 6.48 Å². The van der Waals surface area contributed by atoms with Crippen LogP contribution in [0.3, 0.4) is 0 Å². The molecule has 3 heteroatoms. The van der Waals surface area contributed by atoms with E-state index in [0.29, 0.717) is 0 Å². The SMILES string of the molecule is CCC1(C)N2c3cccc4c3B(c3cccc(c32)[C@]1(C)CC)c1ccc2ccccc2c1N4c1cccc2ccccc12. The van der Waals surface area contributed by atoms with E-state index in [0.717, 1.165) is 12.8 Å². The molecule has 2 nitrogen and oxygen atoms in total. The third-order valence-corrected chi connectivity index (χ3v) is 11.6. The van der Waals surface area contributed by atoms with Gasteiger partial charge in [0.05, 0.1) is 11.2 Å². The summed E-state index contributed by atoms with van der Waals surface area (Å²) in [5.41, 5.74) is 12.4. The molecule has 2 atom stereocenters. The van der Waals surface area contributed by atoms with Crippen molar-refractivity contribution in [2.75, 3.05) is 9.80 Å². The number of para-hydroxylation sites is 1. The quantitative estimate of drug-likeness (QED) is 0.202. The van der Waals surface area contributed by atoms with E-state index in [2.05, 4.69) is 153 Å². The maximum Gasteiger partial charge on any atom is 0.252 e. The van der Waals surface area contributed by atoms with E-state index >= 15 is 0 Å². The lowest BCUT2D eigenvalue weighted by Crippen LogP contribution is -2.64. The highest BCUT2D eigenvalue weighted by Crippen LogP contribution is 2.59. The zero-order chi connectivity index (χ0) is 29.1. The third-order valence-electron chi connectivity index (χ3n) is 11.6. The van der Waals surface area contributed by atoms with E-state index in [1.54, 1.807) is 0 Å². The number of hydrogen-bond acceptors (Lipinski definition) is 2. The molecule has 0 saturated carbocycles. The first-order valence-corrected chi connectivity index (χ1v) is 15.9. The van der Waals surface area contributed by atoms with E-state index in [4.69, 9.17) is 0 Å². The summed E-state index contributed by atoms with van der Waals surface area (Å²) in [6, 6.07) is 43.5. The first-order valence-electron chi connectivity index (χ1n) is 15.9. The van der Waals surface area contributed by atoms with Crippen LogP contribution in [0, 0.1) is 0 Å². The number of benzene rings is 6. The average Bonchev–Trinajstić information content (AvgIpc) is 3.27. The molecule has 0 bridgehead atoms. The Morgan fingerprint density at radius 3 is 1.98 bits per heavy atom. The summed E-state index contributed by atoms with van der Waals surface area (Å²) < 4.78 is 0. The summed E-state index contributed by atoms with van der Waals surface area (Å²) in [4.78, 5) is 5.34. The first-order chi connectivity index (χ1) is 21.0. The van der Waals surface area contributed by atoms with E-state index in [1.807, 2.05) is 0 Å². The predicted molar refractivity (Wildman–Crippen MR) is 186 cm³/mol. The number of fused-ring (bicyclic) bond motifs is 7. The second-order valence-corrected chi connectivity index (χ2v) is 13.1. The average molecular weight is 555 g/mol. The van der Waals surface area contributed by atoms with Crippen LogP contribution in [0.2, 0.25) is 0 Å². The van der Waals surface area contributed by atoms with Crippen LogP contribution in [0.4, 0.5) is 28.4 Å². The summed E-state index contributed by atoms with van der Waals surface area (Å²) in [7, 11) is 0. The molecule has 0 aliphatic carbocycles. The highest BCUT2D eigenvalue weighted by molar-refractivity contribution is 7.00. The zero-order valence-electron chi connectivity index (χ0n) is 25.4. The van der Waals surface area contributed by atoms with Crippen LogP contribution in [0.15, 0.2) is 115 Å². The molecule has 6 aromatic rings. The van der Waals surface area contributed by atoms with Crippen LogP contribution in [-0.4, -0.2) is 12.3 Å². The maximum absolute atomic E-state index is 2.75. The van der Waals surface area contributed by atoms with Gasteiger partial charge in [0.1, 0.15) is 0 Å². The van der Waals surface area contributed by atoms with Crippen molar-refractivity contribution in [3.8, 4) is 0 Å². The summed E-state index contributed by atoms with van der Waals surface area (Å²) in [6.45, 7) is 9.94. The second-order valence-electron chi connectivity index (χ2n) is 13.1. The predicted octanol–water partition coefficient (Wildman–Crippen LogP) is 8.59. The molecule has 208 valence electrons. The van der Waals surface area contributed by atoms with Crippen molar-refractivity contribution in [1.29, 1.82) is 0 Å². The molecule has 1 unspecified atom stereocenters. The lowest BCUT2D eigenvalue weighted by molar-refractivity contribution is 0.261. The minimum absolute atomic E-state index is 0.0335. The minimum Gasteiger partial charge on any atom is -0.335 e. The van der Waals surface area contributed by atoms with E-state index in [-0.39, 0.29) is 17.7 Å². The molecule has 0 amide bonds. The van der Waals surface area contributed by atoms with Crippen molar-refractivity contribution >= 4 is 73.1 Å². The normalized spacial score (nSPS) is 21.3. The summed E-state index contributed by atoms with van der Waals surface area (Å²) in [5, 5.41) is 5.12. The smallest absolute Gasteiger partial charge is 0.252 e. The summed E-state index contributed by atoms with van der Waals surface area (Å²) in [5.74, 6) is 0. The van der Waals surface area contributed by atoms with Crippen LogP contribution < -0.4 is 26.2 Å². The van der Waals surface area contributed by atoms with Gasteiger partial charge in [0, 0.05) is 38.9 Å². The van der Waals surface area contributed by atoms with E-state index in [9.17, 15) is 0 Å². The molecule has 43 heavy (non-hydrogen) atoms. The molecule has 0 saturated heterocycles. The Morgan fingerprint density at radius 2 is 1.19 bits per heavy atom. The van der Waals surface area contributed by atoms with Gasteiger partial charge in [-0.1, -0.05) is 118 Å². The second kappa shape index (κ2) is 8.54. The van der Waals surface area contributed by atoms with Gasteiger partial charge in [-0.25, -0.2) is 0 Å². The standard InChI is InChI=1S/C40H35BN2/c1-5-39(3)30-19-12-20-31-38(30)43(40(39,4)6-2)35-23-13-22-34-36(35)41(31)32-25-24-27-15-8-10-18-29(27)37(32)42(34)33-21-11-16-26-14-7-9-17-28(26)33/h7-25H,5-6H2,1-4H3/t39-,40?/m0/s1. The van der Waals surface area contributed by atoms with Crippen LogP contribution >= 0.6 is 0 Å². The van der Waals surface area contributed by atoms with Gasteiger partial charge in [-0.3, -0.25) is 0 Å². The maximum atomic E-state index is 2.75. The molecular formula is C40H35BN2. The number of hydrogen-bond donors (Lipinski definition) is 0. The third kappa shape index (κ3) is 2.91. The van der Waals surface area contributed by atoms with Crippen LogP contribution in [-0.2, 0) is 5.41 Å². The fourth-order valence-electron chi connectivity index (χ4n) is 9.01. The molecule has 0 radical (unpaired) electrons. The zero-order valence-corrected chi connectivity index (χ0v) is 25.4. The summed E-state index contributed by atoms with van der Waals surface area (Å²) in [6.07, 6.45) is 2.18. The monoisotopic (exact) mass is 554 g/mol. The lowest BCUT2D eigenvalue weighted by Gasteiger charge is -2.50. The van der Waals surface area contributed by atoms with Gasteiger partial charge >= 0.3 is 0 Å². The Bertz CT molecular complexity index is 2130. The largest absolute Gasteiger partial charge is 0.335 e. The Labute approximate surface area is 254 Å². The van der Waals surface area contributed by atoms with Gasteiger partial charge in [-0.15, -0.1) is 0 Å². The van der Waals surface area contributed by atoms with Crippen molar-refractivity contribution in [1.82, 2.24) is 0 Å². The van der Waals surface area contributed by atoms with Gasteiger partial charge in [0.2, 0.25) is 0 Å². The van der Waals surface area contributed by atoms with Gasteiger partial charge in [-0.05, 0) is 70.7 Å². The lowest BCUT2D eigenvalue weighted by atomic mass is 9.33. The van der Waals surface area contributed by atoms with E-state index < -0.39 is 0 Å². The molecule has 9 rings (SSSR count). The summed E-state index contributed by atoms with van der Waals surface area (Å²) >= 11 is 0. The van der Waals surface area contributed by atoms with Gasteiger partial charge in [0.15, 0.2) is 0 Å². The van der Waals surface area contributed by atoms with Crippen molar-refractivity contribution in [2.24, 2.45) is 0 Å². The van der Waals surface area contributed by atoms with Crippen LogP contribution in [0.5, 0.6) is 0 Å².